The highest BCUT2D eigenvalue weighted by Crippen LogP contribution is 2.51. The Hall–Kier alpha value is -6.38. The standard InChI is InChI=1S/C48H36N2/c1-5-13-35(14-6-1)36-21-23-37(24-22-36)38-25-27-39(28-26-38)40-29-32-47-46(33-40)45-31-30-44(34-48(45)50(47)43-19-11-4-12-20-43)49(41-15-7-2-8-16-41)42-17-9-3-10-18-42/h1-34,46-47H. The molecule has 9 rings (SSSR count). The number of benzene rings is 7. The fourth-order valence-electron chi connectivity index (χ4n) is 7.55. The minimum atomic E-state index is 0.190. The zero-order valence-corrected chi connectivity index (χ0v) is 27.7. The van der Waals surface area contributed by atoms with Crippen LogP contribution in [0.5, 0.6) is 0 Å². The van der Waals surface area contributed by atoms with Gasteiger partial charge in [-0.15, -0.1) is 0 Å². The Labute approximate surface area is 294 Å². The maximum Gasteiger partial charge on any atom is 0.0630 e. The van der Waals surface area contributed by atoms with Crippen LogP contribution in [0.4, 0.5) is 28.4 Å². The Morgan fingerprint density at radius 3 is 1.46 bits per heavy atom. The number of para-hydroxylation sites is 3. The van der Waals surface area contributed by atoms with Crippen molar-refractivity contribution in [2.75, 3.05) is 9.80 Å². The van der Waals surface area contributed by atoms with Crippen molar-refractivity contribution in [3.8, 4) is 22.3 Å². The number of anilines is 5. The van der Waals surface area contributed by atoms with Gasteiger partial charge in [0.25, 0.3) is 0 Å². The molecule has 238 valence electrons. The third kappa shape index (κ3) is 5.51. The van der Waals surface area contributed by atoms with Crippen molar-refractivity contribution in [3.63, 3.8) is 0 Å². The highest BCUT2D eigenvalue weighted by Gasteiger charge is 2.39. The Morgan fingerprint density at radius 2 is 0.900 bits per heavy atom. The zero-order chi connectivity index (χ0) is 33.3. The van der Waals surface area contributed by atoms with Crippen LogP contribution in [0.15, 0.2) is 206 Å². The van der Waals surface area contributed by atoms with Gasteiger partial charge < -0.3 is 9.80 Å². The van der Waals surface area contributed by atoms with Gasteiger partial charge in [0.1, 0.15) is 0 Å². The number of allylic oxidation sites excluding steroid dienone is 2. The summed E-state index contributed by atoms with van der Waals surface area (Å²) in [6.45, 7) is 0. The molecule has 0 bridgehead atoms. The number of rotatable bonds is 7. The van der Waals surface area contributed by atoms with Gasteiger partial charge in [-0.25, -0.2) is 0 Å². The van der Waals surface area contributed by atoms with Gasteiger partial charge in [0, 0.05) is 34.4 Å². The topological polar surface area (TPSA) is 6.48 Å². The highest BCUT2D eigenvalue weighted by atomic mass is 15.2. The predicted octanol–water partition coefficient (Wildman–Crippen LogP) is 12.7. The monoisotopic (exact) mass is 640 g/mol. The van der Waals surface area contributed by atoms with Gasteiger partial charge >= 0.3 is 0 Å². The molecule has 2 heteroatoms. The zero-order valence-electron chi connectivity index (χ0n) is 27.7. The van der Waals surface area contributed by atoms with Crippen molar-refractivity contribution >= 4 is 34.0 Å². The molecule has 2 nitrogen and oxygen atoms in total. The Morgan fingerprint density at radius 1 is 0.420 bits per heavy atom. The lowest BCUT2D eigenvalue weighted by atomic mass is 9.86. The van der Waals surface area contributed by atoms with Crippen LogP contribution >= 0.6 is 0 Å². The van der Waals surface area contributed by atoms with Crippen molar-refractivity contribution in [2.24, 2.45) is 0 Å². The van der Waals surface area contributed by atoms with E-state index in [1.807, 2.05) is 0 Å². The predicted molar refractivity (Wildman–Crippen MR) is 211 cm³/mol. The van der Waals surface area contributed by atoms with E-state index in [0.717, 1.165) is 17.1 Å². The molecule has 1 aliphatic heterocycles. The van der Waals surface area contributed by atoms with Gasteiger partial charge in [0.2, 0.25) is 0 Å². The van der Waals surface area contributed by atoms with Crippen LogP contribution in [-0.2, 0) is 0 Å². The molecule has 0 fully saturated rings. The Bertz CT molecular complexity index is 2250. The fraction of sp³-hybridized carbons (Fsp3) is 0.0417. The van der Waals surface area contributed by atoms with E-state index in [2.05, 4.69) is 216 Å². The number of hydrogen-bond donors (Lipinski definition) is 0. The summed E-state index contributed by atoms with van der Waals surface area (Å²) >= 11 is 0. The summed E-state index contributed by atoms with van der Waals surface area (Å²) < 4.78 is 0. The number of fused-ring (bicyclic) bond motifs is 3. The summed E-state index contributed by atoms with van der Waals surface area (Å²) in [6.07, 6.45) is 7.19. The lowest BCUT2D eigenvalue weighted by Crippen LogP contribution is -2.28. The van der Waals surface area contributed by atoms with Gasteiger partial charge in [0.15, 0.2) is 0 Å². The average Bonchev–Trinajstić information content (AvgIpc) is 3.53. The molecule has 0 N–H and O–H groups in total. The molecule has 1 heterocycles. The van der Waals surface area contributed by atoms with E-state index in [0.29, 0.717) is 0 Å². The molecule has 2 atom stereocenters. The molecule has 2 unspecified atom stereocenters. The summed E-state index contributed by atoms with van der Waals surface area (Å²) in [6, 6.07) is 67.8. The smallest absolute Gasteiger partial charge is 0.0630 e. The third-order valence-electron chi connectivity index (χ3n) is 10.00. The minimum absolute atomic E-state index is 0.190. The first-order valence-corrected chi connectivity index (χ1v) is 17.3. The van der Waals surface area contributed by atoms with E-state index in [4.69, 9.17) is 0 Å². The lowest BCUT2D eigenvalue weighted by Gasteiger charge is -2.30. The van der Waals surface area contributed by atoms with E-state index in [9.17, 15) is 0 Å². The van der Waals surface area contributed by atoms with Crippen molar-refractivity contribution in [1.29, 1.82) is 0 Å². The van der Waals surface area contributed by atoms with Crippen LogP contribution < -0.4 is 9.80 Å². The molecule has 0 spiro atoms. The number of hydrogen-bond acceptors (Lipinski definition) is 2. The molecule has 0 aromatic heterocycles. The first-order valence-electron chi connectivity index (χ1n) is 17.3. The molecule has 0 saturated carbocycles. The largest absolute Gasteiger partial charge is 0.333 e. The summed E-state index contributed by atoms with van der Waals surface area (Å²) in [4.78, 5) is 4.86. The molecule has 0 saturated heterocycles. The Balaban J connectivity index is 1.06. The minimum Gasteiger partial charge on any atom is -0.333 e. The maximum absolute atomic E-state index is 2.52. The summed E-state index contributed by atoms with van der Waals surface area (Å²) in [5.74, 6) is 0.228. The molecular formula is C48H36N2. The first kappa shape index (κ1) is 29.7. The SMILES string of the molecule is C1=CC2C(C=C1c1ccc(-c3ccc(-c4ccccc4)cc3)cc1)c1ccc(N(c3ccccc3)c3ccccc3)cc1N2c1ccccc1. The van der Waals surface area contributed by atoms with Crippen LogP contribution in [0, 0.1) is 0 Å². The van der Waals surface area contributed by atoms with Crippen molar-refractivity contribution in [1.82, 2.24) is 0 Å². The third-order valence-corrected chi connectivity index (χ3v) is 10.00. The van der Waals surface area contributed by atoms with Crippen LogP contribution in [-0.4, -0.2) is 6.04 Å². The van der Waals surface area contributed by atoms with Crippen LogP contribution in [0.3, 0.4) is 0 Å². The van der Waals surface area contributed by atoms with Gasteiger partial charge in [-0.05, 0) is 87.5 Å². The van der Waals surface area contributed by atoms with Crippen LogP contribution in [0.2, 0.25) is 0 Å². The summed E-state index contributed by atoms with van der Waals surface area (Å²) in [5, 5.41) is 0. The van der Waals surface area contributed by atoms with Crippen molar-refractivity contribution < 1.29 is 0 Å². The summed E-state index contributed by atoms with van der Waals surface area (Å²) in [7, 11) is 0. The van der Waals surface area contributed by atoms with Gasteiger partial charge in [-0.1, -0.05) is 158 Å². The quantitative estimate of drug-likeness (QED) is 0.171. The highest BCUT2D eigenvalue weighted by molar-refractivity contribution is 5.86. The second-order valence-corrected chi connectivity index (χ2v) is 13.0. The maximum atomic E-state index is 2.52. The number of nitrogens with zero attached hydrogens (tertiary/aromatic N) is 2. The van der Waals surface area contributed by atoms with E-state index in [1.165, 1.54) is 50.3 Å². The van der Waals surface area contributed by atoms with Gasteiger partial charge in [0.05, 0.1) is 6.04 Å². The molecule has 1 aliphatic carbocycles. The molecule has 0 amide bonds. The fourth-order valence-corrected chi connectivity index (χ4v) is 7.55. The van der Waals surface area contributed by atoms with Crippen LogP contribution in [0.1, 0.15) is 17.0 Å². The molecule has 7 aromatic carbocycles. The molecule has 2 aliphatic rings. The normalized spacial score (nSPS) is 16.0. The van der Waals surface area contributed by atoms with E-state index in [-0.39, 0.29) is 12.0 Å². The molecule has 0 radical (unpaired) electrons. The van der Waals surface area contributed by atoms with Gasteiger partial charge in [-0.3, -0.25) is 0 Å². The van der Waals surface area contributed by atoms with Crippen LogP contribution in [0.25, 0.3) is 27.8 Å². The second-order valence-electron chi connectivity index (χ2n) is 13.0. The molecule has 7 aromatic rings. The van der Waals surface area contributed by atoms with E-state index >= 15 is 0 Å². The molecule has 50 heavy (non-hydrogen) atoms. The molecular weight excluding hydrogens is 605 g/mol. The van der Waals surface area contributed by atoms with E-state index < -0.39 is 0 Å². The second kappa shape index (κ2) is 12.9. The first-order chi connectivity index (χ1) is 24.8. The van der Waals surface area contributed by atoms with E-state index in [1.54, 1.807) is 0 Å². The lowest BCUT2D eigenvalue weighted by molar-refractivity contribution is 0.747. The average molecular weight is 641 g/mol. The Kier molecular flexibility index (Phi) is 7.68. The van der Waals surface area contributed by atoms with Gasteiger partial charge in [-0.2, -0.15) is 0 Å². The van der Waals surface area contributed by atoms with Crippen molar-refractivity contribution in [3.05, 3.63) is 217 Å². The van der Waals surface area contributed by atoms with Crippen molar-refractivity contribution in [2.45, 2.75) is 12.0 Å². The summed E-state index contributed by atoms with van der Waals surface area (Å²) in [5.41, 5.74) is 14.6.